The van der Waals surface area contributed by atoms with Crippen molar-refractivity contribution in [3.8, 4) is 0 Å². The number of benzene rings is 1. The van der Waals surface area contributed by atoms with Crippen LogP contribution in [0.1, 0.15) is 30.1 Å². The molecule has 140 valence electrons. The summed E-state index contributed by atoms with van der Waals surface area (Å²) in [6, 6.07) is 6.62. The van der Waals surface area contributed by atoms with E-state index in [4.69, 9.17) is 4.98 Å². The lowest BCUT2D eigenvalue weighted by molar-refractivity contribution is 0.313. The van der Waals surface area contributed by atoms with Crippen molar-refractivity contribution in [2.75, 3.05) is 43.4 Å². The van der Waals surface area contributed by atoms with Crippen molar-refractivity contribution in [1.82, 2.24) is 25.1 Å². The summed E-state index contributed by atoms with van der Waals surface area (Å²) in [6.07, 6.45) is 4.14. The predicted octanol–water partition coefficient (Wildman–Crippen LogP) is 3.03. The summed E-state index contributed by atoms with van der Waals surface area (Å²) in [6.45, 7) is 6.53. The van der Waals surface area contributed by atoms with Gasteiger partial charge in [-0.2, -0.15) is 5.10 Å². The smallest absolute Gasteiger partial charge is 0.160 e. The molecule has 0 atom stereocenters. The van der Waals surface area contributed by atoms with E-state index in [1.807, 2.05) is 0 Å². The van der Waals surface area contributed by atoms with Crippen LogP contribution in [0.4, 0.5) is 17.2 Å². The first-order valence-electron chi connectivity index (χ1n) is 9.69. The summed E-state index contributed by atoms with van der Waals surface area (Å²) in [7, 11) is 2.18. The van der Waals surface area contributed by atoms with Gasteiger partial charge in [-0.25, -0.2) is 9.97 Å². The van der Waals surface area contributed by atoms with Gasteiger partial charge in [-0.1, -0.05) is 0 Å². The maximum atomic E-state index is 4.78. The van der Waals surface area contributed by atoms with Crippen LogP contribution in [0.3, 0.4) is 0 Å². The van der Waals surface area contributed by atoms with Gasteiger partial charge < -0.3 is 15.1 Å². The molecule has 0 radical (unpaired) electrons. The van der Waals surface area contributed by atoms with E-state index < -0.39 is 0 Å². The number of piperazine rings is 1. The molecule has 7 heteroatoms. The van der Waals surface area contributed by atoms with Crippen LogP contribution in [0, 0.1) is 6.92 Å². The second-order valence-electron chi connectivity index (χ2n) is 7.75. The molecule has 1 aliphatic carbocycles. The third kappa shape index (κ3) is 3.23. The lowest BCUT2D eigenvalue weighted by Gasteiger charge is -2.34. The van der Waals surface area contributed by atoms with Crippen molar-refractivity contribution in [2.24, 2.45) is 0 Å². The van der Waals surface area contributed by atoms with Crippen LogP contribution in [0.5, 0.6) is 0 Å². The van der Waals surface area contributed by atoms with Crippen molar-refractivity contribution in [3.63, 3.8) is 0 Å². The van der Waals surface area contributed by atoms with Crippen LogP contribution >= 0.6 is 0 Å². The highest BCUT2D eigenvalue weighted by molar-refractivity contribution is 5.87. The van der Waals surface area contributed by atoms with Crippen LogP contribution in [-0.2, 0) is 0 Å². The van der Waals surface area contributed by atoms with E-state index in [-0.39, 0.29) is 0 Å². The Balaban J connectivity index is 1.42. The molecule has 1 saturated carbocycles. The molecule has 2 N–H and O–H groups in total. The lowest BCUT2D eigenvalue weighted by atomic mass is 10.1. The average Bonchev–Trinajstić information content (AvgIpc) is 3.41. The first-order valence-corrected chi connectivity index (χ1v) is 9.69. The second-order valence-corrected chi connectivity index (χ2v) is 7.75. The molecule has 2 aliphatic rings. The highest BCUT2D eigenvalue weighted by Crippen LogP contribution is 2.39. The number of rotatable bonds is 4. The van der Waals surface area contributed by atoms with Gasteiger partial charge in [-0.05, 0) is 50.6 Å². The van der Waals surface area contributed by atoms with E-state index in [0.717, 1.165) is 54.5 Å². The van der Waals surface area contributed by atoms with Gasteiger partial charge in [-0.15, -0.1) is 0 Å². The van der Waals surface area contributed by atoms with Gasteiger partial charge in [0, 0.05) is 43.5 Å². The van der Waals surface area contributed by atoms with Crippen molar-refractivity contribution in [3.05, 3.63) is 35.8 Å². The molecule has 2 fully saturated rings. The number of aryl methyl sites for hydroxylation is 1. The molecule has 5 rings (SSSR count). The maximum Gasteiger partial charge on any atom is 0.160 e. The van der Waals surface area contributed by atoms with E-state index in [0.29, 0.717) is 5.92 Å². The molecule has 0 spiro atoms. The summed E-state index contributed by atoms with van der Waals surface area (Å²) in [5, 5.41) is 10.7. The Morgan fingerprint density at radius 3 is 2.67 bits per heavy atom. The minimum absolute atomic E-state index is 0.505. The molecule has 3 aromatic rings. The quantitative estimate of drug-likeness (QED) is 0.742. The Hall–Kier alpha value is -2.67. The summed E-state index contributed by atoms with van der Waals surface area (Å²) >= 11 is 0. The van der Waals surface area contributed by atoms with Crippen LogP contribution in [0.25, 0.3) is 11.0 Å². The van der Waals surface area contributed by atoms with Crippen molar-refractivity contribution < 1.29 is 0 Å². The number of hydrogen-bond donors (Lipinski definition) is 2. The number of hydrogen-bond acceptors (Lipinski definition) is 6. The van der Waals surface area contributed by atoms with E-state index >= 15 is 0 Å². The summed E-state index contributed by atoms with van der Waals surface area (Å²) in [4.78, 5) is 14.3. The van der Waals surface area contributed by atoms with E-state index in [1.165, 1.54) is 24.1 Å². The summed E-state index contributed by atoms with van der Waals surface area (Å²) in [5.74, 6) is 2.25. The number of nitrogens with one attached hydrogen (secondary N) is 2. The molecule has 2 aromatic heterocycles. The zero-order valence-corrected chi connectivity index (χ0v) is 15.9. The van der Waals surface area contributed by atoms with Gasteiger partial charge >= 0.3 is 0 Å². The molecule has 1 aliphatic heterocycles. The van der Waals surface area contributed by atoms with E-state index in [1.54, 1.807) is 6.20 Å². The average molecular weight is 363 g/mol. The van der Waals surface area contributed by atoms with E-state index in [2.05, 4.69) is 62.5 Å². The monoisotopic (exact) mass is 363 g/mol. The minimum atomic E-state index is 0.505. The first-order chi connectivity index (χ1) is 13.2. The number of likely N-dealkylation sites (N-methyl/N-ethyl adjacent to an activating group) is 1. The molecular formula is C20H25N7. The van der Waals surface area contributed by atoms with Gasteiger partial charge in [0.05, 0.1) is 6.20 Å². The van der Waals surface area contributed by atoms with Gasteiger partial charge in [0.2, 0.25) is 0 Å². The molecule has 1 aromatic carbocycles. The second kappa shape index (κ2) is 6.49. The highest BCUT2D eigenvalue weighted by atomic mass is 15.2. The van der Waals surface area contributed by atoms with Gasteiger partial charge in [0.15, 0.2) is 5.82 Å². The predicted molar refractivity (Wildman–Crippen MR) is 108 cm³/mol. The maximum absolute atomic E-state index is 4.78. The largest absolute Gasteiger partial charge is 0.369 e. The summed E-state index contributed by atoms with van der Waals surface area (Å²) < 4.78 is 0. The molecular weight excluding hydrogens is 338 g/mol. The minimum Gasteiger partial charge on any atom is -0.369 e. The fraction of sp³-hybridized carbons (Fsp3) is 0.450. The van der Waals surface area contributed by atoms with Crippen LogP contribution in [0.15, 0.2) is 24.4 Å². The third-order valence-corrected chi connectivity index (χ3v) is 5.59. The topological polar surface area (TPSA) is 73.0 Å². The zero-order valence-electron chi connectivity index (χ0n) is 15.9. The number of aromatic amines is 1. The molecule has 0 amide bonds. The van der Waals surface area contributed by atoms with Crippen LogP contribution in [-0.4, -0.2) is 58.3 Å². The normalized spacial score (nSPS) is 18.2. The standard InChI is InChI=1S/C20H25N7/c1-13-11-15(27-9-7-26(2)8-10-27)5-6-16(13)22-20-18-17(12-21-25-18)23-19(24-20)14-3-4-14/h5-6,11-12,14H,3-4,7-10H2,1-2H3,(H,21,25)(H,22,23,24). The highest BCUT2D eigenvalue weighted by Gasteiger charge is 2.28. The van der Waals surface area contributed by atoms with Gasteiger partial charge in [0.25, 0.3) is 0 Å². The fourth-order valence-corrected chi connectivity index (χ4v) is 3.65. The SMILES string of the molecule is Cc1cc(N2CCN(C)CC2)ccc1Nc1nc(C2CC2)nc2cn[nH]c12. The number of H-pyrrole nitrogens is 1. The lowest BCUT2D eigenvalue weighted by Crippen LogP contribution is -2.44. The van der Waals surface area contributed by atoms with Gasteiger partial charge in [0.1, 0.15) is 16.9 Å². The Labute approximate surface area is 158 Å². The molecule has 0 bridgehead atoms. The van der Waals surface area contributed by atoms with Crippen LogP contribution < -0.4 is 10.2 Å². The number of aromatic nitrogens is 4. The van der Waals surface area contributed by atoms with Crippen molar-refractivity contribution in [1.29, 1.82) is 0 Å². The first kappa shape index (κ1) is 16.5. The Kier molecular flexibility index (Phi) is 3.97. The molecule has 3 heterocycles. The number of nitrogens with zero attached hydrogens (tertiary/aromatic N) is 5. The molecule has 0 unspecified atom stereocenters. The molecule has 7 nitrogen and oxygen atoms in total. The van der Waals surface area contributed by atoms with E-state index in [9.17, 15) is 0 Å². The van der Waals surface area contributed by atoms with Crippen molar-refractivity contribution in [2.45, 2.75) is 25.7 Å². The van der Waals surface area contributed by atoms with Gasteiger partial charge in [-0.3, -0.25) is 5.10 Å². The number of fused-ring (bicyclic) bond motifs is 1. The Morgan fingerprint density at radius 1 is 1.11 bits per heavy atom. The zero-order chi connectivity index (χ0) is 18.4. The Morgan fingerprint density at radius 2 is 1.93 bits per heavy atom. The fourth-order valence-electron chi connectivity index (χ4n) is 3.65. The summed E-state index contributed by atoms with van der Waals surface area (Å²) in [5.41, 5.74) is 5.32. The molecule has 27 heavy (non-hydrogen) atoms. The van der Waals surface area contributed by atoms with Crippen LogP contribution in [0.2, 0.25) is 0 Å². The van der Waals surface area contributed by atoms with Crippen molar-refractivity contribution >= 4 is 28.2 Å². The Bertz CT molecular complexity index is 968. The molecule has 1 saturated heterocycles. The number of anilines is 3. The third-order valence-electron chi connectivity index (χ3n) is 5.59.